The largest absolute Gasteiger partial charge is 0.289 e. The number of benzene rings is 2. The van der Waals surface area contributed by atoms with Crippen molar-refractivity contribution in [2.45, 2.75) is 13.5 Å². The first kappa shape index (κ1) is 11.1. The SMILES string of the molecule is CCN1NN(Cc2ccccc2)c2ccccc21. The lowest BCUT2D eigenvalue weighted by Gasteiger charge is -2.21. The molecule has 0 spiro atoms. The first-order chi connectivity index (χ1) is 8.88. The Labute approximate surface area is 108 Å². The fraction of sp³-hybridized carbons (Fsp3) is 0.200. The standard InChI is InChI=1S/C15H17N3/c1-2-17-14-10-6-7-11-15(14)18(16-17)12-13-8-4-3-5-9-13/h3-11,16H,2,12H2,1H3. The number of hydrazine groups is 2. The number of nitrogens with zero attached hydrogens (tertiary/aromatic N) is 2. The smallest absolute Gasteiger partial charge is 0.0789 e. The second kappa shape index (κ2) is 4.70. The molecule has 0 fully saturated rings. The Morgan fingerprint density at radius 3 is 2.11 bits per heavy atom. The van der Waals surface area contributed by atoms with Gasteiger partial charge in [0.05, 0.1) is 17.9 Å². The Morgan fingerprint density at radius 1 is 0.833 bits per heavy atom. The molecule has 0 aliphatic carbocycles. The predicted molar refractivity (Wildman–Crippen MR) is 75.2 cm³/mol. The molecule has 3 nitrogen and oxygen atoms in total. The Hall–Kier alpha value is -2.00. The number of fused-ring (bicyclic) bond motifs is 1. The van der Waals surface area contributed by atoms with Crippen LogP contribution in [0.1, 0.15) is 12.5 Å². The lowest BCUT2D eigenvalue weighted by molar-refractivity contribution is 0.621. The minimum Gasteiger partial charge on any atom is -0.289 e. The summed E-state index contributed by atoms with van der Waals surface area (Å²) in [5, 5.41) is 4.35. The van der Waals surface area contributed by atoms with E-state index < -0.39 is 0 Å². The lowest BCUT2D eigenvalue weighted by atomic mass is 10.2. The number of anilines is 2. The van der Waals surface area contributed by atoms with E-state index in [0.717, 1.165) is 13.1 Å². The van der Waals surface area contributed by atoms with Crippen LogP contribution in [-0.4, -0.2) is 6.54 Å². The van der Waals surface area contributed by atoms with E-state index in [4.69, 9.17) is 0 Å². The fourth-order valence-electron chi connectivity index (χ4n) is 2.30. The summed E-state index contributed by atoms with van der Waals surface area (Å²) in [5.74, 6) is 0. The van der Waals surface area contributed by atoms with Gasteiger partial charge in [0.25, 0.3) is 0 Å². The van der Waals surface area contributed by atoms with Crippen LogP contribution in [0.3, 0.4) is 0 Å². The summed E-state index contributed by atoms with van der Waals surface area (Å²) in [6, 6.07) is 19.0. The van der Waals surface area contributed by atoms with Gasteiger partial charge in [-0.15, -0.1) is 5.53 Å². The van der Waals surface area contributed by atoms with Gasteiger partial charge in [0, 0.05) is 6.54 Å². The van der Waals surface area contributed by atoms with Gasteiger partial charge in [0.2, 0.25) is 0 Å². The highest BCUT2D eigenvalue weighted by atomic mass is 15.8. The van der Waals surface area contributed by atoms with Crippen molar-refractivity contribution >= 4 is 11.4 Å². The van der Waals surface area contributed by atoms with Crippen molar-refractivity contribution in [2.75, 3.05) is 16.6 Å². The molecule has 0 saturated heterocycles. The summed E-state index contributed by atoms with van der Waals surface area (Å²) in [6.45, 7) is 3.96. The quantitative estimate of drug-likeness (QED) is 0.888. The van der Waals surface area contributed by atoms with Crippen molar-refractivity contribution in [1.82, 2.24) is 5.53 Å². The maximum atomic E-state index is 3.42. The van der Waals surface area contributed by atoms with Crippen LogP contribution in [0.2, 0.25) is 0 Å². The molecule has 92 valence electrons. The van der Waals surface area contributed by atoms with Gasteiger partial charge in [-0.2, -0.15) is 0 Å². The van der Waals surface area contributed by atoms with E-state index in [1.807, 2.05) is 6.07 Å². The van der Waals surface area contributed by atoms with E-state index in [2.05, 4.69) is 71.0 Å². The first-order valence-corrected chi connectivity index (χ1v) is 6.33. The number of hydrogen-bond acceptors (Lipinski definition) is 3. The highest BCUT2D eigenvalue weighted by Crippen LogP contribution is 2.33. The Bertz CT molecular complexity index is 524. The van der Waals surface area contributed by atoms with Crippen LogP contribution >= 0.6 is 0 Å². The van der Waals surface area contributed by atoms with Crippen LogP contribution in [0.5, 0.6) is 0 Å². The van der Waals surface area contributed by atoms with Crippen molar-refractivity contribution < 1.29 is 0 Å². The van der Waals surface area contributed by atoms with Crippen LogP contribution in [-0.2, 0) is 6.54 Å². The van der Waals surface area contributed by atoms with Gasteiger partial charge in [-0.05, 0) is 24.6 Å². The van der Waals surface area contributed by atoms with E-state index >= 15 is 0 Å². The Morgan fingerprint density at radius 2 is 1.44 bits per heavy atom. The minimum atomic E-state index is 0.869. The molecule has 0 unspecified atom stereocenters. The first-order valence-electron chi connectivity index (χ1n) is 6.33. The summed E-state index contributed by atoms with van der Waals surface area (Å²) in [6.07, 6.45) is 0. The van der Waals surface area contributed by atoms with Gasteiger partial charge in [-0.3, -0.25) is 10.0 Å². The Balaban J connectivity index is 1.87. The molecule has 0 radical (unpaired) electrons. The molecule has 0 saturated carbocycles. The third-order valence-electron chi connectivity index (χ3n) is 3.20. The molecule has 0 aromatic heterocycles. The van der Waals surface area contributed by atoms with Crippen LogP contribution in [0.25, 0.3) is 0 Å². The summed E-state index contributed by atoms with van der Waals surface area (Å²) in [5.41, 5.74) is 7.21. The number of hydrogen-bond donors (Lipinski definition) is 1. The molecule has 0 bridgehead atoms. The second-order valence-electron chi connectivity index (χ2n) is 4.40. The Kier molecular flexibility index (Phi) is 2.90. The molecule has 2 aromatic rings. The van der Waals surface area contributed by atoms with Crippen molar-refractivity contribution in [2.24, 2.45) is 0 Å². The maximum absolute atomic E-state index is 3.42. The molecule has 0 atom stereocenters. The lowest BCUT2D eigenvalue weighted by Crippen LogP contribution is -2.43. The molecular formula is C15H17N3. The van der Waals surface area contributed by atoms with E-state index in [1.54, 1.807) is 0 Å². The van der Waals surface area contributed by atoms with Crippen molar-refractivity contribution in [3.8, 4) is 0 Å². The van der Waals surface area contributed by atoms with Crippen LogP contribution in [0.15, 0.2) is 54.6 Å². The normalized spacial score (nSPS) is 13.8. The molecular weight excluding hydrogens is 222 g/mol. The third-order valence-corrected chi connectivity index (χ3v) is 3.20. The second-order valence-corrected chi connectivity index (χ2v) is 4.40. The van der Waals surface area contributed by atoms with E-state index in [-0.39, 0.29) is 0 Å². The number of para-hydroxylation sites is 2. The summed E-state index contributed by atoms with van der Waals surface area (Å²) >= 11 is 0. The van der Waals surface area contributed by atoms with Gasteiger partial charge in [0.15, 0.2) is 0 Å². The monoisotopic (exact) mass is 239 g/mol. The van der Waals surface area contributed by atoms with Crippen LogP contribution in [0, 0.1) is 0 Å². The average Bonchev–Trinajstić information content (AvgIpc) is 2.78. The molecule has 1 aliphatic rings. The van der Waals surface area contributed by atoms with Crippen LogP contribution < -0.4 is 15.6 Å². The summed E-state index contributed by atoms with van der Waals surface area (Å²) in [4.78, 5) is 0. The zero-order valence-corrected chi connectivity index (χ0v) is 10.5. The molecule has 1 aliphatic heterocycles. The zero-order chi connectivity index (χ0) is 12.4. The van der Waals surface area contributed by atoms with E-state index in [0.29, 0.717) is 0 Å². The maximum Gasteiger partial charge on any atom is 0.0789 e. The zero-order valence-electron chi connectivity index (χ0n) is 10.5. The highest BCUT2D eigenvalue weighted by Gasteiger charge is 2.23. The molecule has 1 heterocycles. The van der Waals surface area contributed by atoms with Gasteiger partial charge >= 0.3 is 0 Å². The molecule has 2 aromatic carbocycles. The van der Waals surface area contributed by atoms with Crippen LogP contribution in [0.4, 0.5) is 11.4 Å². The molecule has 1 N–H and O–H groups in total. The van der Waals surface area contributed by atoms with Crippen molar-refractivity contribution in [3.63, 3.8) is 0 Å². The van der Waals surface area contributed by atoms with Gasteiger partial charge < -0.3 is 0 Å². The molecule has 18 heavy (non-hydrogen) atoms. The fourth-order valence-corrected chi connectivity index (χ4v) is 2.30. The van der Waals surface area contributed by atoms with Gasteiger partial charge in [-0.25, -0.2) is 0 Å². The molecule has 0 amide bonds. The number of rotatable bonds is 3. The summed E-state index contributed by atoms with van der Waals surface area (Å²) < 4.78 is 0. The molecule has 3 heteroatoms. The third kappa shape index (κ3) is 1.93. The van der Waals surface area contributed by atoms with Crippen molar-refractivity contribution in [3.05, 3.63) is 60.2 Å². The van der Waals surface area contributed by atoms with E-state index in [1.165, 1.54) is 16.9 Å². The molecule has 3 rings (SSSR count). The average molecular weight is 239 g/mol. The van der Waals surface area contributed by atoms with Gasteiger partial charge in [0.1, 0.15) is 0 Å². The van der Waals surface area contributed by atoms with Gasteiger partial charge in [-0.1, -0.05) is 42.5 Å². The van der Waals surface area contributed by atoms with Crippen molar-refractivity contribution in [1.29, 1.82) is 0 Å². The van der Waals surface area contributed by atoms with E-state index in [9.17, 15) is 0 Å². The topological polar surface area (TPSA) is 18.5 Å². The number of nitrogens with one attached hydrogen (secondary N) is 1. The predicted octanol–water partition coefficient (Wildman–Crippen LogP) is 2.95. The highest BCUT2D eigenvalue weighted by molar-refractivity contribution is 5.74. The minimum absolute atomic E-state index is 0.869. The summed E-state index contributed by atoms with van der Waals surface area (Å²) in [7, 11) is 0.